The van der Waals surface area contributed by atoms with E-state index in [1.54, 1.807) is 13.8 Å². The standard InChI is InChI=1S/C20H20ClF3N2O5S/c1-3-26(4-2)32(29,30)13-9-10-16(21)14(11-13)19(28)31-12-18(27)25-17-8-6-5-7-15(17)20(22,23)24/h5-11H,3-4,12H2,1-2H3,(H,25,27). The smallest absolute Gasteiger partial charge is 0.418 e. The minimum Gasteiger partial charge on any atom is -0.452 e. The number of nitrogens with one attached hydrogen (secondary N) is 1. The minimum atomic E-state index is -4.69. The Morgan fingerprint density at radius 3 is 2.31 bits per heavy atom. The third-order valence-electron chi connectivity index (χ3n) is 4.34. The van der Waals surface area contributed by atoms with Crippen LogP contribution < -0.4 is 5.32 Å². The molecule has 0 aliphatic rings. The van der Waals surface area contributed by atoms with E-state index in [0.717, 1.165) is 18.2 Å². The Kier molecular flexibility index (Phi) is 8.27. The summed E-state index contributed by atoms with van der Waals surface area (Å²) in [6.45, 7) is 2.82. The molecule has 1 amide bonds. The van der Waals surface area contributed by atoms with Crippen molar-refractivity contribution in [3.8, 4) is 0 Å². The van der Waals surface area contributed by atoms with Crippen molar-refractivity contribution in [2.75, 3.05) is 25.0 Å². The number of sulfonamides is 1. The van der Waals surface area contributed by atoms with Crippen LogP contribution in [0.5, 0.6) is 0 Å². The number of amides is 1. The molecule has 0 aliphatic heterocycles. The van der Waals surface area contributed by atoms with Crippen LogP contribution in [0.3, 0.4) is 0 Å². The molecule has 0 aromatic heterocycles. The summed E-state index contributed by atoms with van der Waals surface area (Å²) < 4.78 is 70.3. The topological polar surface area (TPSA) is 92.8 Å². The summed E-state index contributed by atoms with van der Waals surface area (Å²) in [5.74, 6) is -2.12. The number of para-hydroxylation sites is 1. The van der Waals surface area contributed by atoms with Gasteiger partial charge in [-0.25, -0.2) is 13.2 Å². The molecule has 0 bridgehead atoms. The van der Waals surface area contributed by atoms with E-state index in [9.17, 15) is 31.2 Å². The summed E-state index contributed by atoms with van der Waals surface area (Å²) in [7, 11) is -3.88. The lowest BCUT2D eigenvalue weighted by atomic mass is 10.1. The highest BCUT2D eigenvalue weighted by molar-refractivity contribution is 7.89. The molecule has 0 unspecified atom stereocenters. The van der Waals surface area contributed by atoms with Crippen LogP contribution in [-0.4, -0.2) is 44.3 Å². The molecule has 0 heterocycles. The van der Waals surface area contributed by atoms with Crippen LogP contribution in [0, 0.1) is 0 Å². The number of nitrogens with zero attached hydrogens (tertiary/aromatic N) is 1. The maximum Gasteiger partial charge on any atom is 0.418 e. The Morgan fingerprint density at radius 1 is 1.09 bits per heavy atom. The van der Waals surface area contributed by atoms with Crippen molar-refractivity contribution in [3.63, 3.8) is 0 Å². The van der Waals surface area contributed by atoms with Gasteiger partial charge in [-0.05, 0) is 30.3 Å². The number of hydrogen-bond donors (Lipinski definition) is 1. The molecule has 0 saturated heterocycles. The van der Waals surface area contributed by atoms with Crippen molar-refractivity contribution < 1.29 is 35.9 Å². The molecular formula is C20H20ClF3N2O5S. The maximum atomic E-state index is 13.0. The highest BCUT2D eigenvalue weighted by Gasteiger charge is 2.33. The van der Waals surface area contributed by atoms with Gasteiger partial charge in [0.05, 0.1) is 26.7 Å². The first-order chi connectivity index (χ1) is 14.9. The van der Waals surface area contributed by atoms with Crippen LogP contribution in [0.4, 0.5) is 18.9 Å². The fourth-order valence-corrected chi connectivity index (χ4v) is 4.45. The number of ether oxygens (including phenoxy) is 1. The van der Waals surface area contributed by atoms with E-state index in [0.29, 0.717) is 0 Å². The van der Waals surface area contributed by atoms with Crippen LogP contribution >= 0.6 is 11.6 Å². The van der Waals surface area contributed by atoms with Gasteiger partial charge in [0.1, 0.15) is 0 Å². The average Bonchev–Trinajstić information content (AvgIpc) is 2.72. The number of hydrogen-bond acceptors (Lipinski definition) is 5. The lowest BCUT2D eigenvalue weighted by Gasteiger charge is -2.19. The number of rotatable bonds is 8. The van der Waals surface area contributed by atoms with Crippen LogP contribution in [0.1, 0.15) is 29.8 Å². The zero-order valence-electron chi connectivity index (χ0n) is 17.1. The molecular weight excluding hydrogens is 473 g/mol. The van der Waals surface area contributed by atoms with Crippen molar-refractivity contribution in [1.82, 2.24) is 4.31 Å². The first-order valence-corrected chi connectivity index (χ1v) is 11.2. The Morgan fingerprint density at radius 2 is 1.72 bits per heavy atom. The summed E-state index contributed by atoms with van der Waals surface area (Å²) in [4.78, 5) is 24.2. The molecule has 0 atom stereocenters. The number of anilines is 1. The Hall–Kier alpha value is -2.63. The second-order valence-corrected chi connectivity index (χ2v) is 8.74. The lowest BCUT2D eigenvalue weighted by molar-refractivity contribution is -0.137. The third kappa shape index (κ3) is 5.99. The summed E-state index contributed by atoms with van der Waals surface area (Å²) >= 11 is 5.97. The molecule has 0 radical (unpaired) electrons. The second kappa shape index (κ2) is 10.3. The van der Waals surface area contributed by atoms with E-state index in [1.165, 1.54) is 28.6 Å². The van der Waals surface area contributed by atoms with Crippen molar-refractivity contribution in [3.05, 3.63) is 58.6 Å². The summed E-state index contributed by atoms with van der Waals surface area (Å²) in [5.41, 5.74) is -1.85. The van der Waals surface area contributed by atoms with E-state index in [2.05, 4.69) is 0 Å². The summed E-state index contributed by atoms with van der Waals surface area (Å²) in [6.07, 6.45) is -4.69. The van der Waals surface area contributed by atoms with Gasteiger partial charge in [-0.1, -0.05) is 37.6 Å². The highest BCUT2D eigenvalue weighted by Crippen LogP contribution is 2.34. The second-order valence-electron chi connectivity index (χ2n) is 6.40. The molecule has 12 heteroatoms. The lowest BCUT2D eigenvalue weighted by Crippen LogP contribution is -2.30. The van der Waals surface area contributed by atoms with Gasteiger partial charge in [0.2, 0.25) is 10.0 Å². The first kappa shape index (κ1) is 25.6. The number of esters is 1. The predicted octanol–water partition coefficient (Wildman–Crippen LogP) is 4.18. The van der Waals surface area contributed by atoms with E-state index in [-0.39, 0.29) is 28.6 Å². The fourth-order valence-electron chi connectivity index (χ4n) is 2.77. The third-order valence-corrected chi connectivity index (χ3v) is 6.72. The number of halogens is 4. The van der Waals surface area contributed by atoms with Crippen molar-refractivity contribution in [1.29, 1.82) is 0 Å². The predicted molar refractivity (Wildman–Crippen MR) is 112 cm³/mol. The molecule has 0 spiro atoms. The van der Waals surface area contributed by atoms with Crippen molar-refractivity contribution in [2.45, 2.75) is 24.9 Å². The summed E-state index contributed by atoms with van der Waals surface area (Å²) in [5, 5.41) is 1.92. The van der Waals surface area contributed by atoms with Crippen LogP contribution in [0.15, 0.2) is 47.4 Å². The largest absolute Gasteiger partial charge is 0.452 e. The van der Waals surface area contributed by atoms with Gasteiger partial charge in [-0.3, -0.25) is 4.79 Å². The summed E-state index contributed by atoms with van der Waals surface area (Å²) in [6, 6.07) is 7.78. The van der Waals surface area contributed by atoms with Crippen LogP contribution in [-0.2, 0) is 25.7 Å². The number of benzene rings is 2. The zero-order chi connectivity index (χ0) is 24.1. The maximum absolute atomic E-state index is 13.0. The molecule has 32 heavy (non-hydrogen) atoms. The quantitative estimate of drug-likeness (QED) is 0.558. The Labute approximate surface area is 188 Å². The molecule has 2 aromatic rings. The molecule has 174 valence electrons. The number of alkyl halides is 3. The van der Waals surface area contributed by atoms with Crippen molar-refractivity contribution in [2.24, 2.45) is 0 Å². The molecule has 7 nitrogen and oxygen atoms in total. The Bertz CT molecular complexity index is 1100. The van der Waals surface area contributed by atoms with Gasteiger partial charge in [0.15, 0.2) is 6.61 Å². The fraction of sp³-hybridized carbons (Fsp3) is 0.300. The first-order valence-electron chi connectivity index (χ1n) is 9.34. The molecule has 0 saturated carbocycles. The molecule has 0 aliphatic carbocycles. The van der Waals surface area contributed by atoms with Gasteiger partial charge >= 0.3 is 12.1 Å². The van der Waals surface area contributed by atoms with Crippen molar-refractivity contribution >= 4 is 39.2 Å². The van der Waals surface area contributed by atoms with Gasteiger partial charge in [-0.15, -0.1) is 0 Å². The van der Waals surface area contributed by atoms with Gasteiger partial charge < -0.3 is 10.1 Å². The molecule has 0 fully saturated rings. The average molecular weight is 493 g/mol. The molecule has 2 rings (SSSR count). The van der Waals surface area contributed by atoms with E-state index in [1.807, 2.05) is 5.32 Å². The minimum absolute atomic E-state index is 0.115. The zero-order valence-corrected chi connectivity index (χ0v) is 18.6. The Balaban J connectivity index is 2.15. The van der Waals surface area contributed by atoms with Crippen LogP contribution in [0.2, 0.25) is 5.02 Å². The highest BCUT2D eigenvalue weighted by atomic mass is 35.5. The van der Waals surface area contributed by atoms with E-state index >= 15 is 0 Å². The normalized spacial score (nSPS) is 12.0. The van der Waals surface area contributed by atoms with E-state index in [4.69, 9.17) is 16.3 Å². The number of carbonyl (C=O) groups is 2. The monoisotopic (exact) mass is 492 g/mol. The molecule has 1 N–H and O–H groups in total. The van der Waals surface area contributed by atoms with Crippen LogP contribution in [0.25, 0.3) is 0 Å². The van der Waals surface area contributed by atoms with E-state index < -0.39 is 45.9 Å². The van der Waals surface area contributed by atoms with Gasteiger partial charge in [0.25, 0.3) is 5.91 Å². The number of carbonyl (C=O) groups excluding carboxylic acids is 2. The molecule has 2 aromatic carbocycles. The van der Waals surface area contributed by atoms with Gasteiger partial charge in [-0.2, -0.15) is 17.5 Å². The van der Waals surface area contributed by atoms with Gasteiger partial charge in [0, 0.05) is 13.1 Å². The SMILES string of the molecule is CCN(CC)S(=O)(=O)c1ccc(Cl)c(C(=O)OCC(=O)Nc2ccccc2C(F)(F)F)c1.